The second-order valence-corrected chi connectivity index (χ2v) is 6.12. The highest BCUT2D eigenvalue weighted by atomic mass is 16.5. The number of nitrogens with zero attached hydrogens (tertiary/aromatic N) is 3. The molecule has 7 nitrogen and oxygen atoms in total. The van der Waals surface area contributed by atoms with Crippen molar-refractivity contribution in [1.82, 2.24) is 20.4 Å². The highest BCUT2D eigenvalue weighted by Crippen LogP contribution is 2.14. The molecule has 0 aliphatic carbocycles. The lowest BCUT2D eigenvalue weighted by Crippen LogP contribution is -2.25. The topological polar surface area (TPSA) is 90.1 Å². The average Bonchev–Trinajstić information content (AvgIpc) is 3.16. The molecule has 0 atom stereocenters. The number of aromatic nitrogens is 3. The van der Waals surface area contributed by atoms with Crippen molar-refractivity contribution in [3.05, 3.63) is 60.2 Å². The number of nitrogens with one attached hydrogen (secondary N) is 1. The van der Waals surface area contributed by atoms with E-state index >= 15 is 0 Å². The lowest BCUT2D eigenvalue weighted by molar-refractivity contribution is -0.121. The van der Waals surface area contributed by atoms with Gasteiger partial charge in [0.15, 0.2) is 0 Å². The van der Waals surface area contributed by atoms with Gasteiger partial charge in [0.1, 0.15) is 5.75 Å². The van der Waals surface area contributed by atoms with Gasteiger partial charge in [-0.05, 0) is 43.2 Å². The summed E-state index contributed by atoms with van der Waals surface area (Å²) in [6.07, 6.45) is 4.79. The Morgan fingerprint density at radius 3 is 2.89 bits per heavy atom. The molecule has 1 N–H and O–H groups in total. The summed E-state index contributed by atoms with van der Waals surface area (Å²) in [5, 5.41) is 6.80. The van der Waals surface area contributed by atoms with Gasteiger partial charge in [0, 0.05) is 37.3 Å². The van der Waals surface area contributed by atoms with E-state index in [0.29, 0.717) is 37.7 Å². The lowest BCUT2D eigenvalue weighted by Gasteiger charge is -2.07. The first-order valence-corrected chi connectivity index (χ1v) is 8.90. The normalized spacial score (nSPS) is 10.6. The number of hydrogen-bond donors (Lipinski definition) is 1. The molecule has 2 aromatic heterocycles. The number of rotatable bonds is 9. The van der Waals surface area contributed by atoms with E-state index < -0.39 is 0 Å². The maximum atomic E-state index is 11.9. The molecule has 3 rings (SSSR count). The minimum Gasteiger partial charge on any atom is -0.494 e. The summed E-state index contributed by atoms with van der Waals surface area (Å²) < 4.78 is 10.8. The standard InChI is InChI=1S/C20H22N4O3/c1-15-4-2-5-17(14-15)26-13-3-10-22-18(25)6-7-19-23-20(24-27-19)16-8-11-21-12-9-16/h2,4-5,8-9,11-12,14H,3,6-7,10,13H2,1H3,(H,22,25). The van der Waals surface area contributed by atoms with Crippen molar-refractivity contribution < 1.29 is 14.1 Å². The van der Waals surface area contributed by atoms with Crippen LogP contribution in [0.2, 0.25) is 0 Å². The molecule has 3 aromatic rings. The average molecular weight is 366 g/mol. The maximum absolute atomic E-state index is 11.9. The predicted octanol–water partition coefficient (Wildman–Crippen LogP) is 2.96. The van der Waals surface area contributed by atoms with Crippen LogP contribution < -0.4 is 10.1 Å². The Bertz CT molecular complexity index is 864. The van der Waals surface area contributed by atoms with Gasteiger partial charge in [0.2, 0.25) is 17.6 Å². The summed E-state index contributed by atoms with van der Waals surface area (Å²) in [7, 11) is 0. The highest BCUT2D eigenvalue weighted by Gasteiger charge is 2.10. The fourth-order valence-electron chi connectivity index (χ4n) is 2.48. The van der Waals surface area contributed by atoms with Crippen LogP contribution in [0, 0.1) is 6.92 Å². The summed E-state index contributed by atoms with van der Waals surface area (Å²) in [6, 6.07) is 11.5. The third-order valence-electron chi connectivity index (χ3n) is 3.87. The highest BCUT2D eigenvalue weighted by molar-refractivity contribution is 5.75. The quantitative estimate of drug-likeness (QED) is 0.586. The number of amides is 1. The van der Waals surface area contributed by atoms with Crippen LogP contribution in [-0.2, 0) is 11.2 Å². The van der Waals surface area contributed by atoms with Crippen molar-refractivity contribution in [1.29, 1.82) is 0 Å². The molecule has 140 valence electrons. The van der Waals surface area contributed by atoms with Gasteiger partial charge in [-0.2, -0.15) is 4.98 Å². The fraction of sp³-hybridized carbons (Fsp3) is 0.300. The van der Waals surface area contributed by atoms with Crippen LogP contribution in [-0.4, -0.2) is 34.2 Å². The number of pyridine rings is 1. The van der Waals surface area contributed by atoms with Gasteiger partial charge >= 0.3 is 0 Å². The van der Waals surface area contributed by atoms with E-state index in [2.05, 4.69) is 20.4 Å². The Labute approximate surface area is 157 Å². The third kappa shape index (κ3) is 5.91. The number of aryl methyl sites for hydroxylation is 2. The second-order valence-electron chi connectivity index (χ2n) is 6.12. The van der Waals surface area contributed by atoms with Crippen molar-refractivity contribution in [3.63, 3.8) is 0 Å². The molecule has 7 heteroatoms. The van der Waals surface area contributed by atoms with Crippen molar-refractivity contribution in [2.75, 3.05) is 13.2 Å². The summed E-state index contributed by atoms with van der Waals surface area (Å²) in [6.45, 7) is 3.15. The zero-order chi connectivity index (χ0) is 18.9. The summed E-state index contributed by atoms with van der Waals surface area (Å²) >= 11 is 0. The number of carbonyl (C=O) groups excluding carboxylic acids is 1. The molecule has 0 saturated heterocycles. The van der Waals surface area contributed by atoms with Gasteiger partial charge in [-0.3, -0.25) is 9.78 Å². The van der Waals surface area contributed by atoms with Gasteiger partial charge < -0.3 is 14.6 Å². The van der Waals surface area contributed by atoms with Crippen LogP contribution in [0.15, 0.2) is 53.3 Å². The molecule has 27 heavy (non-hydrogen) atoms. The van der Waals surface area contributed by atoms with Gasteiger partial charge in [-0.25, -0.2) is 0 Å². The minimum atomic E-state index is -0.0470. The Morgan fingerprint density at radius 2 is 2.07 bits per heavy atom. The van der Waals surface area contributed by atoms with Crippen LogP contribution in [0.25, 0.3) is 11.4 Å². The Hall–Kier alpha value is -3.22. The molecule has 0 radical (unpaired) electrons. The van der Waals surface area contributed by atoms with Gasteiger partial charge in [-0.1, -0.05) is 17.3 Å². The monoisotopic (exact) mass is 366 g/mol. The van der Waals surface area contributed by atoms with Crippen LogP contribution in [0.1, 0.15) is 24.3 Å². The van der Waals surface area contributed by atoms with Gasteiger partial charge in [-0.15, -0.1) is 0 Å². The van der Waals surface area contributed by atoms with Crippen LogP contribution in [0.3, 0.4) is 0 Å². The molecule has 0 bridgehead atoms. The fourth-order valence-corrected chi connectivity index (χ4v) is 2.48. The molecule has 0 fully saturated rings. The number of ether oxygens (including phenoxy) is 1. The lowest BCUT2D eigenvalue weighted by atomic mass is 10.2. The van der Waals surface area contributed by atoms with Crippen molar-refractivity contribution in [2.45, 2.75) is 26.2 Å². The zero-order valence-electron chi connectivity index (χ0n) is 15.2. The Morgan fingerprint density at radius 1 is 1.22 bits per heavy atom. The molecule has 0 saturated carbocycles. The Balaban J connectivity index is 1.32. The second kappa shape index (κ2) is 9.47. The number of hydrogen-bond acceptors (Lipinski definition) is 6. The SMILES string of the molecule is Cc1cccc(OCCCNC(=O)CCc2nc(-c3ccncc3)no2)c1. The van der Waals surface area contributed by atoms with Crippen LogP contribution in [0.4, 0.5) is 0 Å². The van der Waals surface area contributed by atoms with Crippen molar-refractivity contribution >= 4 is 5.91 Å². The van der Waals surface area contributed by atoms with E-state index in [0.717, 1.165) is 23.3 Å². The molecule has 0 aliphatic heterocycles. The minimum absolute atomic E-state index is 0.0470. The molecule has 1 amide bonds. The van der Waals surface area contributed by atoms with E-state index in [9.17, 15) is 4.79 Å². The van der Waals surface area contributed by atoms with Gasteiger partial charge in [0.25, 0.3) is 0 Å². The van der Waals surface area contributed by atoms with E-state index in [4.69, 9.17) is 9.26 Å². The molecule has 0 spiro atoms. The smallest absolute Gasteiger partial charge is 0.227 e. The van der Waals surface area contributed by atoms with Crippen LogP contribution in [0.5, 0.6) is 5.75 Å². The zero-order valence-corrected chi connectivity index (χ0v) is 15.2. The first-order chi connectivity index (χ1) is 13.2. The molecule has 0 aliphatic rings. The van der Waals surface area contributed by atoms with E-state index in [1.165, 1.54) is 0 Å². The van der Waals surface area contributed by atoms with E-state index in [1.807, 2.05) is 31.2 Å². The predicted molar refractivity (Wildman–Crippen MR) is 100 cm³/mol. The molecule has 2 heterocycles. The van der Waals surface area contributed by atoms with E-state index in [1.54, 1.807) is 24.5 Å². The largest absolute Gasteiger partial charge is 0.494 e. The number of benzene rings is 1. The summed E-state index contributed by atoms with van der Waals surface area (Å²) in [4.78, 5) is 20.2. The summed E-state index contributed by atoms with van der Waals surface area (Å²) in [5.41, 5.74) is 1.99. The summed E-state index contributed by atoms with van der Waals surface area (Å²) in [5.74, 6) is 1.75. The maximum Gasteiger partial charge on any atom is 0.227 e. The number of carbonyl (C=O) groups is 1. The third-order valence-corrected chi connectivity index (χ3v) is 3.87. The van der Waals surface area contributed by atoms with E-state index in [-0.39, 0.29) is 5.91 Å². The first kappa shape index (κ1) is 18.6. The van der Waals surface area contributed by atoms with Crippen LogP contribution >= 0.6 is 0 Å². The molecular formula is C20H22N4O3. The molecular weight excluding hydrogens is 344 g/mol. The molecule has 1 aromatic carbocycles. The van der Waals surface area contributed by atoms with Crippen molar-refractivity contribution in [3.8, 4) is 17.1 Å². The Kier molecular flexibility index (Phi) is 6.51. The molecule has 0 unspecified atom stereocenters. The first-order valence-electron chi connectivity index (χ1n) is 8.90. The van der Waals surface area contributed by atoms with Gasteiger partial charge in [0.05, 0.1) is 6.61 Å². The van der Waals surface area contributed by atoms with Crippen molar-refractivity contribution in [2.24, 2.45) is 0 Å².